The molecule has 0 unspecified atom stereocenters. The largest absolute Gasteiger partial charge is 0.364 e. The number of rotatable bonds is 3. The number of hydrogen-bond donors (Lipinski definition) is 1. The average Bonchev–Trinajstić information content (AvgIpc) is 2.78. The Kier molecular flexibility index (Phi) is 2.93. The van der Waals surface area contributed by atoms with Crippen molar-refractivity contribution in [3.8, 4) is 5.69 Å². The van der Waals surface area contributed by atoms with Gasteiger partial charge in [0.2, 0.25) is 0 Å². The quantitative estimate of drug-likeness (QED) is 0.836. The summed E-state index contributed by atoms with van der Waals surface area (Å²) in [6.07, 6.45) is 2.23. The molecule has 17 heavy (non-hydrogen) atoms. The van der Waals surface area contributed by atoms with Gasteiger partial charge in [0, 0.05) is 16.8 Å². The van der Waals surface area contributed by atoms with E-state index in [-0.39, 0.29) is 5.69 Å². The summed E-state index contributed by atoms with van der Waals surface area (Å²) in [5.41, 5.74) is 6.15. The Labute approximate surface area is 102 Å². The lowest BCUT2D eigenvalue weighted by Gasteiger charge is -2.04. The van der Waals surface area contributed by atoms with Crippen LogP contribution in [0.3, 0.4) is 0 Å². The first-order valence-electron chi connectivity index (χ1n) is 4.72. The lowest BCUT2D eigenvalue weighted by molar-refractivity contribution is 0.0995. The minimum atomic E-state index is -0.620. The number of amides is 1. The zero-order valence-corrected chi connectivity index (χ0v) is 9.39. The maximum Gasteiger partial charge on any atom is 0.269 e. The molecule has 6 heteroatoms. The van der Waals surface area contributed by atoms with Crippen molar-refractivity contribution in [3.05, 3.63) is 46.7 Å². The van der Waals surface area contributed by atoms with Crippen molar-refractivity contribution in [2.75, 3.05) is 0 Å². The predicted octanol–water partition coefficient (Wildman–Crippen LogP) is 1.44. The summed E-state index contributed by atoms with van der Waals surface area (Å²) in [5, 5.41) is 4.42. The highest BCUT2D eigenvalue weighted by molar-refractivity contribution is 6.30. The lowest BCUT2D eigenvalue weighted by Crippen LogP contribution is -2.12. The maximum absolute atomic E-state index is 10.9. The highest BCUT2D eigenvalue weighted by atomic mass is 35.5. The summed E-state index contributed by atoms with van der Waals surface area (Å²) < 4.78 is 1.40. The zero-order valence-electron chi connectivity index (χ0n) is 8.63. The van der Waals surface area contributed by atoms with E-state index in [1.165, 1.54) is 16.8 Å². The van der Waals surface area contributed by atoms with Gasteiger partial charge in [-0.05, 0) is 24.3 Å². The molecule has 0 aliphatic rings. The molecule has 0 saturated carbocycles. The Morgan fingerprint density at radius 2 is 2.18 bits per heavy atom. The monoisotopic (exact) mass is 249 g/mol. The average molecular weight is 250 g/mol. The van der Waals surface area contributed by atoms with Gasteiger partial charge in [-0.25, -0.2) is 4.68 Å². The molecule has 5 nitrogen and oxygen atoms in total. The third-order valence-corrected chi connectivity index (χ3v) is 2.44. The van der Waals surface area contributed by atoms with E-state index in [9.17, 15) is 9.59 Å². The van der Waals surface area contributed by atoms with Crippen LogP contribution in [0.15, 0.2) is 30.5 Å². The van der Waals surface area contributed by atoms with Gasteiger partial charge in [0.1, 0.15) is 5.69 Å². The summed E-state index contributed by atoms with van der Waals surface area (Å²) in [6.45, 7) is 0. The summed E-state index contributed by atoms with van der Waals surface area (Å²) in [5.74, 6) is -0.620. The molecule has 1 aromatic carbocycles. The number of halogens is 1. The molecule has 1 amide bonds. The smallest absolute Gasteiger partial charge is 0.269 e. The first kappa shape index (κ1) is 11.3. The molecule has 0 saturated heterocycles. The minimum Gasteiger partial charge on any atom is -0.364 e. The Balaban J connectivity index is 2.52. The maximum atomic E-state index is 10.9. The second-order valence-corrected chi connectivity index (χ2v) is 3.77. The minimum absolute atomic E-state index is 0.136. The van der Waals surface area contributed by atoms with E-state index in [0.29, 0.717) is 22.6 Å². The van der Waals surface area contributed by atoms with Crippen molar-refractivity contribution in [1.29, 1.82) is 0 Å². The number of nitrogens with zero attached hydrogens (tertiary/aromatic N) is 2. The molecule has 0 aliphatic carbocycles. The molecule has 0 radical (unpaired) electrons. The number of hydrogen-bond acceptors (Lipinski definition) is 3. The van der Waals surface area contributed by atoms with Crippen LogP contribution in [0.5, 0.6) is 0 Å². The van der Waals surface area contributed by atoms with Crippen LogP contribution < -0.4 is 5.73 Å². The van der Waals surface area contributed by atoms with Crippen LogP contribution in [0.4, 0.5) is 0 Å². The molecule has 1 heterocycles. The molecule has 0 bridgehead atoms. The van der Waals surface area contributed by atoms with Crippen LogP contribution in [0.2, 0.25) is 5.02 Å². The Morgan fingerprint density at radius 3 is 2.76 bits per heavy atom. The van der Waals surface area contributed by atoms with Gasteiger partial charge in [0.25, 0.3) is 5.91 Å². The van der Waals surface area contributed by atoms with E-state index in [1.54, 1.807) is 18.3 Å². The van der Waals surface area contributed by atoms with E-state index in [4.69, 9.17) is 17.3 Å². The third kappa shape index (κ3) is 2.19. The normalized spacial score (nSPS) is 10.2. The van der Waals surface area contributed by atoms with Crippen molar-refractivity contribution in [2.45, 2.75) is 0 Å². The van der Waals surface area contributed by atoms with Crippen molar-refractivity contribution >= 4 is 23.8 Å². The number of nitrogens with two attached hydrogens (primary N) is 1. The molecule has 2 rings (SSSR count). The van der Waals surface area contributed by atoms with Gasteiger partial charge in [-0.2, -0.15) is 5.10 Å². The highest BCUT2D eigenvalue weighted by Gasteiger charge is 2.09. The first-order valence-corrected chi connectivity index (χ1v) is 5.10. The van der Waals surface area contributed by atoms with Gasteiger partial charge in [-0.3, -0.25) is 9.59 Å². The van der Waals surface area contributed by atoms with E-state index in [0.717, 1.165) is 0 Å². The molecule has 1 aromatic heterocycles. The van der Waals surface area contributed by atoms with Crippen LogP contribution in [-0.4, -0.2) is 22.0 Å². The van der Waals surface area contributed by atoms with Crippen molar-refractivity contribution in [1.82, 2.24) is 9.78 Å². The molecule has 0 aliphatic heterocycles. The zero-order chi connectivity index (χ0) is 12.4. The molecule has 2 aromatic rings. The number of primary amides is 1. The van der Waals surface area contributed by atoms with E-state index in [1.807, 2.05) is 0 Å². The molecular weight excluding hydrogens is 242 g/mol. The van der Waals surface area contributed by atoms with Crippen molar-refractivity contribution in [3.63, 3.8) is 0 Å². The molecule has 0 fully saturated rings. The number of benzene rings is 1. The molecule has 86 valence electrons. The van der Waals surface area contributed by atoms with E-state index >= 15 is 0 Å². The number of carbonyl (C=O) groups excluding carboxylic acids is 2. The number of carbonyl (C=O) groups is 2. The topological polar surface area (TPSA) is 78.0 Å². The summed E-state index contributed by atoms with van der Waals surface area (Å²) >= 11 is 5.78. The lowest BCUT2D eigenvalue weighted by atomic mass is 10.2. The van der Waals surface area contributed by atoms with Gasteiger partial charge in [-0.1, -0.05) is 11.6 Å². The molecule has 0 spiro atoms. The Morgan fingerprint density at radius 1 is 1.41 bits per heavy atom. The van der Waals surface area contributed by atoms with Crippen molar-refractivity contribution in [2.24, 2.45) is 5.73 Å². The van der Waals surface area contributed by atoms with E-state index < -0.39 is 5.91 Å². The van der Waals surface area contributed by atoms with Gasteiger partial charge >= 0.3 is 0 Å². The van der Waals surface area contributed by atoms with Crippen LogP contribution in [0, 0.1) is 0 Å². The highest BCUT2D eigenvalue weighted by Crippen LogP contribution is 2.18. The fourth-order valence-corrected chi connectivity index (χ4v) is 1.60. The number of aldehydes is 1. The molecular formula is C11H8ClN3O2. The second-order valence-electron chi connectivity index (χ2n) is 3.33. The fraction of sp³-hybridized carbons (Fsp3) is 0. The van der Waals surface area contributed by atoms with Crippen LogP contribution in [-0.2, 0) is 0 Å². The van der Waals surface area contributed by atoms with Crippen molar-refractivity contribution < 1.29 is 9.59 Å². The first-order chi connectivity index (χ1) is 8.11. The third-order valence-electron chi connectivity index (χ3n) is 2.20. The van der Waals surface area contributed by atoms with Crippen LogP contribution >= 0.6 is 11.6 Å². The molecule has 0 atom stereocenters. The molecule has 2 N–H and O–H groups in total. The van der Waals surface area contributed by atoms with Crippen LogP contribution in [0.25, 0.3) is 5.69 Å². The van der Waals surface area contributed by atoms with Gasteiger partial charge in [-0.15, -0.1) is 0 Å². The number of aromatic nitrogens is 2. The predicted molar refractivity (Wildman–Crippen MR) is 62.5 cm³/mol. The summed E-state index contributed by atoms with van der Waals surface area (Å²) in [6, 6.07) is 6.28. The van der Waals surface area contributed by atoms with Crippen LogP contribution in [0.1, 0.15) is 20.8 Å². The second kappa shape index (κ2) is 4.39. The summed E-state index contributed by atoms with van der Waals surface area (Å²) in [4.78, 5) is 21.8. The van der Waals surface area contributed by atoms with Gasteiger partial charge < -0.3 is 5.73 Å². The fourth-order valence-electron chi connectivity index (χ4n) is 1.42. The van der Waals surface area contributed by atoms with E-state index in [2.05, 4.69) is 5.10 Å². The Hall–Kier alpha value is -2.14. The standard InChI is InChI=1S/C11H8ClN3O2/c12-8-1-2-10(7(5-8)6-16)15-4-3-9(14-15)11(13)17/h1-6H,(H2,13,17). The van der Waals surface area contributed by atoms with Gasteiger partial charge in [0.05, 0.1) is 5.69 Å². The Bertz CT molecular complexity index is 592. The summed E-state index contributed by atoms with van der Waals surface area (Å²) in [7, 11) is 0. The van der Waals surface area contributed by atoms with Gasteiger partial charge in [0.15, 0.2) is 6.29 Å². The SMILES string of the molecule is NC(=O)c1ccn(-c2ccc(Cl)cc2C=O)n1.